The molecule has 0 aliphatic heterocycles. The quantitative estimate of drug-likeness (QED) is 0.768. The topological polar surface area (TPSA) is 59.8 Å². The lowest BCUT2D eigenvalue weighted by Crippen LogP contribution is -2.38. The Morgan fingerprint density at radius 3 is 2.63 bits per heavy atom. The van der Waals surface area contributed by atoms with Crippen LogP contribution in [0.15, 0.2) is 16.7 Å². The first-order valence-electron chi connectivity index (χ1n) is 6.41. The zero-order valence-electron chi connectivity index (χ0n) is 11.7. The summed E-state index contributed by atoms with van der Waals surface area (Å²) in [5.41, 5.74) is 0.911. The second kappa shape index (κ2) is 5.26. The van der Waals surface area contributed by atoms with Gasteiger partial charge in [0.15, 0.2) is 0 Å². The highest BCUT2D eigenvalue weighted by Crippen LogP contribution is 2.48. The lowest BCUT2D eigenvalue weighted by atomic mass is 10.3. The largest absolute Gasteiger partial charge is 0.469 e. The zero-order valence-corrected chi connectivity index (χ0v) is 12.5. The number of hydrogen-bond donors (Lipinski definition) is 0. The summed E-state index contributed by atoms with van der Waals surface area (Å²) >= 11 is 0. The average molecular weight is 287 g/mol. The number of furan rings is 1. The number of methoxy groups -OCH3 is 1. The highest BCUT2D eigenvalue weighted by molar-refractivity contribution is 7.90. The van der Waals surface area contributed by atoms with Crippen molar-refractivity contribution < 1.29 is 17.6 Å². The van der Waals surface area contributed by atoms with Gasteiger partial charge < -0.3 is 9.15 Å². The standard InChI is InChI=1S/C13H21NO4S/c1-11-12(4-8-18-11)10-14(2)19(15,16)13(5-6-13)7-9-17-3/h4,8H,5-7,9-10H2,1-3H3. The van der Waals surface area contributed by atoms with Gasteiger partial charge in [0.05, 0.1) is 11.0 Å². The van der Waals surface area contributed by atoms with Gasteiger partial charge in [0.25, 0.3) is 0 Å². The molecule has 0 amide bonds. The van der Waals surface area contributed by atoms with Crippen molar-refractivity contribution in [3.8, 4) is 0 Å². The molecule has 19 heavy (non-hydrogen) atoms. The van der Waals surface area contributed by atoms with Crippen LogP contribution in [0.5, 0.6) is 0 Å². The highest BCUT2D eigenvalue weighted by atomic mass is 32.2. The summed E-state index contributed by atoms with van der Waals surface area (Å²) in [6.07, 6.45) is 3.62. The Morgan fingerprint density at radius 1 is 1.47 bits per heavy atom. The molecule has 1 aromatic rings. The number of nitrogens with zero attached hydrogens (tertiary/aromatic N) is 1. The van der Waals surface area contributed by atoms with Gasteiger partial charge in [-0.25, -0.2) is 8.42 Å². The summed E-state index contributed by atoms with van der Waals surface area (Å²) in [5, 5.41) is 0. The molecule has 1 fully saturated rings. The van der Waals surface area contributed by atoms with E-state index in [1.165, 1.54) is 4.31 Å². The molecule has 0 spiro atoms. The Morgan fingerprint density at radius 2 is 2.16 bits per heavy atom. The van der Waals surface area contributed by atoms with E-state index in [0.29, 0.717) is 19.6 Å². The fourth-order valence-corrected chi connectivity index (χ4v) is 4.22. The Hall–Kier alpha value is -0.850. The molecule has 1 saturated carbocycles. The SMILES string of the molecule is COCCC1(S(=O)(=O)N(C)Cc2ccoc2C)CC1. The van der Waals surface area contributed by atoms with E-state index in [1.807, 2.05) is 13.0 Å². The van der Waals surface area contributed by atoms with Crippen molar-refractivity contribution in [3.63, 3.8) is 0 Å². The van der Waals surface area contributed by atoms with Gasteiger partial charge in [-0.15, -0.1) is 0 Å². The van der Waals surface area contributed by atoms with Gasteiger partial charge in [0, 0.05) is 32.9 Å². The third-order valence-electron chi connectivity index (χ3n) is 3.89. The molecule has 1 aliphatic rings. The van der Waals surface area contributed by atoms with Crippen LogP contribution in [-0.4, -0.2) is 38.2 Å². The molecule has 0 aromatic carbocycles. The van der Waals surface area contributed by atoms with Crippen molar-refractivity contribution in [2.24, 2.45) is 0 Å². The molecule has 0 saturated heterocycles. The van der Waals surface area contributed by atoms with Crippen LogP contribution in [0.4, 0.5) is 0 Å². The average Bonchev–Trinajstić information content (AvgIpc) is 3.07. The molecule has 1 aliphatic carbocycles. The molecule has 0 unspecified atom stereocenters. The second-order valence-electron chi connectivity index (χ2n) is 5.19. The van der Waals surface area contributed by atoms with Crippen LogP contribution in [0.1, 0.15) is 30.6 Å². The maximum atomic E-state index is 12.6. The summed E-state index contributed by atoms with van der Waals surface area (Å²) in [6, 6.07) is 1.82. The van der Waals surface area contributed by atoms with Crippen LogP contribution in [0.3, 0.4) is 0 Å². The van der Waals surface area contributed by atoms with Gasteiger partial charge in [-0.2, -0.15) is 4.31 Å². The third-order valence-corrected chi connectivity index (χ3v) is 6.54. The molecule has 0 N–H and O–H groups in total. The second-order valence-corrected chi connectivity index (χ2v) is 7.63. The van der Waals surface area contributed by atoms with Crippen LogP contribution in [0.2, 0.25) is 0 Å². The van der Waals surface area contributed by atoms with Gasteiger partial charge in [-0.3, -0.25) is 0 Å². The molecular formula is C13H21NO4S. The van der Waals surface area contributed by atoms with Crippen molar-refractivity contribution in [2.45, 2.75) is 37.5 Å². The van der Waals surface area contributed by atoms with Crippen LogP contribution in [-0.2, 0) is 21.3 Å². The summed E-state index contributed by atoms with van der Waals surface area (Å²) in [4.78, 5) is 0. The zero-order chi connectivity index (χ0) is 14.1. The molecule has 6 heteroatoms. The molecule has 1 aromatic heterocycles. The van der Waals surface area contributed by atoms with Crippen LogP contribution < -0.4 is 0 Å². The van der Waals surface area contributed by atoms with E-state index in [2.05, 4.69) is 0 Å². The predicted octanol–water partition coefficient (Wildman–Crippen LogP) is 1.92. The van der Waals surface area contributed by atoms with Crippen molar-refractivity contribution in [1.82, 2.24) is 4.31 Å². The molecule has 0 bridgehead atoms. The molecule has 0 atom stereocenters. The molecule has 2 rings (SSSR count). The number of hydrogen-bond acceptors (Lipinski definition) is 4. The van der Waals surface area contributed by atoms with E-state index in [-0.39, 0.29) is 0 Å². The normalized spacial score (nSPS) is 17.9. The Labute approximate surface area is 114 Å². The summed E-state index contributed by atoms with van der Waals surface area (Å²) in [6.45, 7) is 2.69. The summed E-state index contributed by atoms with van der Waals surface area (Å²) in [5.74, 6) is 0.767. The molecule has 108 valence electrons. The number of rotatable bonds is 7. The monoisotopic (exact) mass is 287 g/mol. The summed E-state index contributed by atoms with van der Waals surface area (Å²) < 4.78 is 36.3. The van der Waals surface area contributed by atoms with E-state index in [1.54, 1.807) is 20.4 Å². The van der Waals surface area contributed by atoms with E-state index in [9.17, 15) is 8.42 Å². The minimum atomic E-state index is -3.28. The van der Waals surface area contributed by atoms with Gasteiger partial charge in [-0.1, -0.05) is 0 Å². The van der Waals surface area contributed by atoms with Gasteiger partial charge in [0.1, 0.15) is 5.76 Å². The fourth-order valence-electron chi connectivity index (χ4n) is 2.30. The van der Waals surface area contributed by atoms with Crippen molar-refractivity contribution in [2.75, 3.05) is 20.8 Å². The third kappa shape index (κ3) is 2.70. The maximum absolute atomic E-state index is 12.6. The molecule has 5 nitrogen and oxygen atoms in total. The van der Waals surface area contributed by atoms with Crippen LogP contribution in [0, 0.1) is 6.92 Å². The van der Waals surface area contributed by atoms with Crippen molar-refractivity contribution >= 4 is 10.0 Å². The van der Waals surface area contributed by atoms with E-state index < -0.39 is 14.8 Å². The number of sulfonamides is 1. The first-order valence-corrected chi connectivity index (χ1v) is 7.85. The summed E-state index contributed by atoms with van der Waals surface area (Å²) in [7, 11) is -0.0488. The van der Waals surface area contributed by atoms with Crippen molar-refractivity contribution in [1.29, 1.82) is 0 Å². The molecule has 1 heterocycles. The highest BCUT2D eigenvalue weighted by Gasteiger charge is 2.55. The van der Waals surface area contributed by atoms with Gasteiger partial charge >= 0.3 is 0 Å². The van der Waals surface area contributed by atoms with E-state index in [4.69, 9.17) is 9.15 Å². The van der Waals surface area contributed by atoms with Gasteiger partial charge in [-0.05, 0) is 32.3 Å². The Bertz CT molecular complexity index is 531. The first-order chi connectivity index (χ1) is 8.93. The lowest BCUT2D eigenvalue weighted by molar-refractivity contribution is 0.191. The first kappa shape index (κ1) is 14.6. The minimum Gasteiger partial charge on any atom is -0.469 e. The van der Waals surface area contributed by atoms with E-state index >= 15 is 0 Å². The molecule has 0 radical (unpaired) electrons. The van der Waals surface area contributed by atoms with Gasteiger partial charge in [0.2, 0.25) is 10.0 Å². The minimum absolute atomic E-state index is 0.361. The van der Waals surface area contributed by atoms with Crippen LogP contribution in [0.25, 0.3) is 0 Å². The fraction of sp³-hybridized carbons (Fsp3) is 0.692. The predicted molar refractivity (Wildman–Crippen MR) is 72.3 cm³/mol. The number of ether oxygens (including phenoxy) is 1. The lowest BCUT2D eigenvalue weighted by Gasteiger charge is -2.24. The van der Waals surface area contributed by atoms with Crippen molar-refractivity contribution in [3.05, 3.63) is 23.7 Å². The smallest absolute Gasteiger partial charge is 0.220 e. The Kier molecular flexibility index (Phi) is 4.03. The molecular weight excluding hydrogens is 266 g/mol. The number of aryl methyl sites for hydroxylation is 1. The van der Waals surface area contributed by atoms with E-state index in [0.717, 1.165) is 24.2 Å². The maximum Gasteiger partial charge on any atom is 0.220 e. The Balaban J connectivity index is 2.09. The van der Waals surface area contributed by atoms with Crippen LogP contribution >= 0.6 is 0 Å².